The predicted octanol–water partition coefficient (Wildman–Crippen LogP) is 1.64. The van der Waals surface area contributed by atoms with Crippen molar-refractivity contribution in [3.05, 3.63) is 0 Å². The molecule has 1 saturated heterocycles. The molecule has 4 heteroatoms. The minimum absolute atomic E-state index is 0.145. The summed E-state index contributed by atoms with van der Waals surface area (Å²) in [4.78, 5) is 11.2. The van der Waals surface area contributed by atoms with Crippen molar-refractivity contribution in [3.8, 4) is 0 Å². The Balaban J connectivity index is 1.81. The Hall–Kier alpha value is -0.610. The molecule has 1 aliphatic heterocycles. The molecule has 4 unspecified atom stereocenters. The first-order valence-corrected chi connectivity index (χ1v) is 6.76. The summed E-state index contributed by atoms with van der Waals surface area (Å²) in [5.74, 6) is -0.463. The lowest BCUT2D eigenvalue weighted by Gasteiger charge is -2.30. The van der Waals surface area contributed by atoms with E-state index in [1.54, 1.807) is 0 Å². The summed E-state index contributed by atoms with van der Waals surface area (Å²) in [6, 6.07) is 0.409. The monoisotopic (exact) mass is 241 g/mol. The van der Waals surface area contributed by atoms with Crippen LogP contribution in [0, 0.1) is 11.8 Å². The van der Waals surface area contributed by atoms with Gasteiger partial charge in [-0.2, -0.15) is 0 Å². The van der Waals surface area contributed by atoms with Gasteiger partial charge in [-0.05, 0) is 38.6 Å². The smallest absolute Gasteiger partial charge is 0.306 e. The van der Waals surface area contributed by atoms with Crippen LogP contribution in [0.4, 0.5) is 0 Å². The van der Waals surface area contributed by atoms with Crippen molar-refractivity contribution in [2.75, 3.05) is 13.2 Å². The van der Waals surface area contributed by atoms with Crippen LogP contribution >= 0.6 is 0 Å². The topological polar surface area (TPSA) is 58.6 Å². The summed E-state index contributed by atoms with van der Waals surface area (Å²) >= 11 is 0. The van der Waals surface area contributed by atoms with Gasteiger partial charge in [-0.3, -0.25) is 4.79 Å². The van der Waals surface area contributed by atoms with Gasteiger partial charge in [0.25, 0.3) is 0 Å². The highest BCUT2D eigenvalue weighted by molar-refractivity contribution is 5.70. The minimum Gasteiger partial charge on any atom is -0.481 e. The van der Waals surface area contributed by atoms with E-state index in [-0.39, 0.29) is 12.0 Å². The van der Waals surface area contributed by atoms with E-state index in [4.69, 9.17) is 4.74 Å². The molecule has 17 heavy (non-hydrogen) atoms. The number of carbonyl (C=O) groups is 1. The number of aliphatic carboxylic acids is 1. The Labute approximate surface area is 103 Å². The zero-order valence-corrected chi connectivity index (χ0v) is 10.5. The van der Waals surface area contributed by atoms with Gasteiger partial charge in [0, 0.05) is 12.6 Å². The maximum Gasteiger partial charge on any atom is 0.306 e. The van der Waals surface area contributed by atoms with Gasteiger partial charge in [-0.15, -0.1) is 0 Å². The van der Waals surface area contributed by atoms with Gasteiger partial charge in [-0.1, -0.05) is 12.8 Å². The highest BCUT2D eigenvalue weighted by Gasteiger charge is 2.32. The first-order valence-electron chi connectivity index (χ1n) is 6.76. The van der Waals surface area contributed by atoms with Crippen molar-refractivity contribution in [2.45, 2.75) is 51.2 Å². The highest BCUT2D eigenvalue weighted by atomic mass is 16.5. The minimum atomic E-state index is -0.618. The molecular weight excluding hydrogens is 218 g/mol. The fraction of sp³-hybridized carbons (Fsp3) is 0.923. The van der Waals surface area contributed by atoms with Gasteiger partial charge in [0.15, 0.2) is 0 Å². The van der Waals surface area contributed by atoms with E-state index in [0.29, 0.717) is 12.0 Å². The molecule has 2 fully saturated rings. The van der Waals surface area contributed by atoms with E-state index < -0.39 is 5.97 Å². The molecule has 0 aromatic heterocycles. The lowest BCUT2D eigenvalue weighted by Crippen LogP contribution is -2.41. The number of hydrogen-bond acceptors (Lipinski definition) is 3. The lowest BCUT2D eigenvalue weighted by molar-refractivity contribution is -0.144. The van der Waals surface area contributed by atoms with Crippen molar-refractivity contribution < 1.29 is 14.6 Å². The van der Waals surface area contributed by atoms with Crippen molar-refractivity contribution in [2.24, 2.45) is 11.8 Å². The fourth-order valence-corrected chi connectivity index (χ4v) is 3.08. The standard InChI is InChI=1S/C13H23NO3/c1-9-12(6-7-17-9)14-8-10-4-2-3-5-11(10)13(15)16/h9-12,14H,2-8H2,1H3,(H,15,16). The zero-order valence-electron chi connectivity index (χ0n) is 10.5. The zero-order chi connectivity index (χ0) is 12.3. The van der Waals surface area contributed by atoms with E-state index in [0.717, 1.165) is 38.8 Å². The molecule has 0 spiro atoms. The number of nitrogens with one attached hydrogen (secondary N) is 1. The van der Waals surface area contributed by atoms with Crippen LogP contribution in [-0.4, -0.2) is 36.4 Å². The van der Waals surface area contributed by atoms with Crippen LogP contribution in [0.15, 0.2) is 0 Å². The van der Waals surface area contributed by atoms with Crippen LogP contribution in [0.5, 0.6) is 0 Å². The molecule has 0 aromatic rings. The molecule has 0 radical (unpaired) electrons. The molecule has 2 N–H and O–H groups in total. The van der Waals surface area contributed by atoms with E-state index >= 15 is 0 Å². The predicted molar refractivity (Wildman–Crippen MR) is 64.9 cm³/mol. The van der Waals surface area contributed by atoms with Crippen molar-refractivity contribution >= 4 is 5.97 Å². The fourth-order valence-electron chi connectivity index (χ4n) is 3.08. The van der Waals surface area contributed by atoms with Crippen LogP contribution in [0.25, 0.3) is 0 Å². The highest BCUT2D eigenvalue weighted by Crippen LogP contribution is 2.30. The van der Waals surface area contributed by atoms with Gasteiger partial charge < -0.3 is 15.2 Å². The number of carboxylic acids is 1. The third-order valence-electron chi connectivity index (χ3n) is 4.24. The van der Waals surface area contributed by atoms with E-state index in [1.165, 1.54) is 6.42 Å². The summed E-state index contributed by atoms with van der Waals surface area (Å²) in [6.45, 7) is 3.74. The Morgan fingerprint density at radius 1 is 1.35 bits per heavy atom. The van der Waals surface area contributed by atoms with E-state index in [2.05, 4.69) is 12.2 Å². The van der Waals surface area contributed by atoms with Gasteiger partial charge in [0.05, 0.1) is 12.0 Å². The van der Waals surface area contributed by atoms with Gasteiger partial charge in [0.1, 0.15) is 0 Å². The first-order chi connectivity index (χ1) is 8.18. The average Bonchev–Trinajstić information content (AvgIpc) is 2.72. The molecule has 1 saturated carbocycles. The van der Waals surface area contributed by atoms with Crippen LogP contribution in [0.2, 0.25) is 0 Å². The second-order valence-corrected chi connectivity index (χ2v) is 5.37. The second kappa shape index (κ2) is 5.83. The first kappa shape index (κ1) is 12.8. The molecule has 0 bridgehead atoms. The second-order valence-electron chi connectivity index (χ2n) is 5.37. The van der Waals surface area contributed by atoms with Gasteiger partial charge in [0.2, 0.25) is 0 Å². The van der Waals surface area contributed by atoms with E-state index in [1.807, 2.05) is 0 Å². The summed E-state index contributed by atoms with van der Waals surface area (Å²) < 4.78 is 5.50. The molecule has 0 amide bonds. The van der Waals surface area contributed by atoms with Crippen LogP contribution in [0.3, 0.4) is 0 Å². The van der Waals surface area contributed by atoms with Crippen molar-refractivity contribution in [1.29, 1.82) is 0 Å². The summed E-state index contributed by atoms with van der Waals surface area (Å²) in [6.07, 6.45) is 5.45. The molecule has 0 aromatic carbocycles. The van der Waals surface area contributed by atoms with Crippen molar-refractivity contribution in [3.63, 3.8) is 0 Å². The normalized spacial score (nSPS) is 38.2. The quantitative estimate of drug-likeness (QED) is 0.785. The van der Waals surface area contributed by atoms with Gasteiger partial charge in [-0.25, -0.2) is 0 Å². The van der Waals surface area contributed by atoms with Crippen LogP contribution in [-0.2, 0) is 9.53 Å². The molecule has 1 heterocycles. The third-order valence-corrected chi connectivity index (χ3v) is 4.24. The molecule has 4 nitrogen and oxygen atoms in total. The molecule has 2 aliphatic rings. The Morgan fingerprint density at radius 2 is 2.12 bits per heavy atom. The average molecular weight is 241 g/mol. The molecule has 2 rings (SSSR count). The van der Waals surface area contributed by atoms with Crippen LogP contribution < -0.4 is 5.32 Å². The number of hydrogen-bond donors (Lipinski definition) is 2. The Bertz CT molecular complexity index is 269. The Morgan fingerprint density at radius 3 is 2.76 bits per heavy atom. The summed E-state index contributed by atoms with van der Waals surface area (Å²) in [5.41, 5.74) is 0. The SMILES string of the molecule is CC1OCCC1NCC1CCCCC1C(=O)O. The number of rotatable bonds is 4. The number of carboxylic acid groups (broad SMARTS) is 1. The molecular formula is C13H23NO3. The summed E-state index contributed by atoms with van der Waals surface area (Å²) in [7, 11) is 0. The molecule has 1 aliphatic carbocycles. The third kappa shape index (κ3) is 3.19. The van der Waals surface area contributed by atoms with Crippen LogP contribution in [0.1, 0.15) is 39.0 Å². The summed E-state index contributed by atoms with van der Waals surface area (Å²) in [5, 5.41) is 12.7. The Kier molecular flexibility index (Phi) is 4.40. The largest absolute Gasteiger partial charge is 0.481 e. The maximum atomic E-state index is 11.2. The van der Waals surface area contributed by atoms with Gasteiger partial charge >= 0.3 is 5.97 Å². The molecule has 4 atom stereocenters. The molecule has 98 valence electrons. The maximum absolute atomic E-state index is 11.2. The van der Waals surface area contributed by atoms with E-state index in [9.17, 15) is 9.90 Å². The van der Waals surface area contributed by atoms with Crippen molar-refractivity contribution in [1.82, 2.24) is 5.32 Å². The lowest BCUT2D eigenvalue weighted by atomic mass is 9.79. The number of ether oxygens (including phenoxy) is 1.